The molecule has 0 atom stereocenters. The minimum absolute atomic E-state index is 0.182. The Morgan fingerprint density at radius 3 is 2.62 bits per heavy atom. The van der Waals surface area contributed by atoms with E-state index in [1.807, 2.05) is 31.2 Å². The van der Waals surface area contributed by atoms with Gasteiger partial charge in [-0.15, -0.1) is 0 Å². The molecule has 0 unspecified atom stereocenters. The maximum absolute atomic E-state index is 12.2. The smallest absolute Gasteiger partial charge is 0.271 e. The number of carbonyl (C=O) groups is 1. The quantitative estimate of drug-likeness (QED) is 0.804. The Morgan fingerprint density at radius 1 is 1.21 bits per heavy atom. The van der Waals surface area contributed by atoms with Crippen LogP contribution < -0.4 is 15.6 Å². The van der Waals surface area contributed by atoms with Gasteiger partial charge in [-0.25, -0.2) is 4.68 Å². The summed E-state index contributed by atoms with van der Waals surface area (Å²) in [6.07, 6.45) is 2.53. The second-order valence-corrected chi connectivity index (χ2v) is 5.49. The summed E-state index contributed by atoms with van der Waals surface area (Å²) in [7, 11) is 1.63. The van der Waals surface area contributed by atoms with E-state index in [-0.39, 0.29) is 17.2 Å². The molecule has 128 valence electrons. The number of carbonyl (C=O) groups excluding carboxylic acids is 1. The number of unbranched alkanes of at least 4 members (excludes halogenated alkanes) is 1. The molecule has 6 nitrogen and oxygen atoms in total. The Balaban J connectivity index is 1.90. The molecule has 0 bridgehead atoms. The van der Waals surface area contributed by atoms with E-state index >= 15 is 0 Å². The van der Waals surface area contributed by atoms with Crippen LogP contribution in [0.15, 0.2) is 41.2 Å². The topological polar surface area (TPSA) is 73.2 Å². The molecule has 0 aliphatic carbocycles. The van der Waals surface area contributed by atoms with E-state index in [1.165, 1.54) is 16.8 Å². The molecule has 0 aliphatic heterocycles. The first-order chi connectivity index (χ1) is 11.6. The SMILES string of the molecule is CCCCn1nc(C(=O)NCCc2ccc(OC)cc2)ccc1=O. The highest BCUT2D eigenvalue weighted by molar-refractivity contribution is 5.91. The fraction of sp³-hybridized carbons (Fsp3) is 0.389. The van der Waals surface area contributed by atoms with Gasteiger partial charge < -0.3 is 10.1 Å². The largest absolute Gasteiger partial charge is 0.497 e. The molecule has 24 heavy (non-hydrogen) atoms. The number of ether oxygens (including phenoxy) is 1. The van der Waals surface area contributed by atoms with Crippen molar-refractivity contribution in [1.29, 1.82) is 0 Å². The molecule has 0 aliphatic rings. The van der Waals surface area contributed by atoms with E-state index in [0.717, 1.165) is 24.2 Å². The predicted octanol–water partition coefficient (Wildman–Crippen LogP) is 2.02. The normalized spacial score (nSPS) is 10.4. The van der Waals surface area contributed by atoms with Crippen LogP contribution in [0, 0.1) is 0 Å². The van der Waals surface area contributed by atoms with Crippen LogP contribution in [0.5, 0.6) is 5.75 Å². The van der Waals surface area contributed by atoms with Gasteiger partial charge in [-0.05, 0) is 36.6 Å². The van der Waals surface area contributed by atoms with Crippen LogP contribution in [0.1, 0.15) is 35.8 Å². The van der Waals surface area contributed by atoms with Crippen molar-refractivity contribution in [2.75, 3.05) is 13.7 Å². The Morgan fingerprint density at radius 2 is 1.96 bits per heavy atom. The number of hydrogen-bond donors (Lipinski definition) is 1. The van der Waals surface area contributed by atoms with Crippen LogP contribution in [0.25, 0.3) is 0 Å². The predicted molar refractivity (Wildman–Crippen MR) is 92.4 cm³/mol. The van der Waals surface area contributed by atoms with Crippen LogP contribution in [-0.2, 0) is 13.0 Å². The number of benzene rings is 1. The molecular weight excluding hydrogens is 306 g/mol. The maximum atomic E-state index is 12.2. The standard InChI is InChI=1S/C18H23N3O3/c1-3-4-13-21-17(22)10-9-16(20-21)18(23)19-12-11-14-5-7-15(24-2)8-6-14/h5-10H,3-4,11-13H2,1-2H3,(H,19,23). The van der Waals surface area contributed by atoms with Gasteiger partial charge in [0.15, 0.2) is 0 Å². The van der Waals surface area contributed by atoms with Crippen molar-refractivity contribution in [2.24, 2.45) is 0 Å². The fourth-order valence-corrected chi connectivity index (χ4v) is 2.24. The highest BCUT2D eigenvalue weighted by atomic mass is 16.5. The van der Waals surface area contributed by atoms with Gasteiger partial charge >= 0.3 is 0 Å². The average Bonchev–Trinajstić information content (AvgIpc) is 2.61. The van der Waals surface area contributed by atoms with E-state index in [0.29, 0.717) is 19.5 Å². The van der Waals surface area contributed by atoms with Crippen molar-refractivity contribution in [3.05, 3.63) is 58.0 Å². The number of hydrogen-bond acceptors (Lipinski definition) is 4. The Kier molecular flexibility index (Phi) is 6.54. The first-order valence-electron chi connectivity index (χ1n) is 8.13. The van der Waals surface area contributed by atoms with Gasteiger partial charge in [0.1, 0.15) is 11.4 Å². The minimum Gasteiger partial charge on any atom is -0.497 e. The lowest BCUT2D eigenvalue weighted by Gasteiger charge is -2.08. The summed E-state index contributed by atoms with van der Waals surface area (Å²) in [5.74, 6) is 0.537. The summed E-state index contributed by atoms with van der Waals surface area (Å²) >= 11 is 0. The third-order valence-corrected chi connectivity index (χ3v) is 3.68. The first kappa shape index (κ1) is 17.7. The molecule has 0 saturated heterocycles. The van der Waals surface area contributed by atoms with E-state index in [1.54, 1.807) is 7.11 Å². The maximum Gasteiger partial charge on any atom is 0.271 e. The van der Waals surface area contributed by atoms with Crippen LogP contribution in [0.3, 0.4) is 0 Å². The van der Waals surface area contributed by atoms with Gasteiger partial charge in [0.05, 0.1) is 7.11 Å². The molecule has 6 heteroatoms. The number of nitrogens with one attached hydrogen (secondary N) is 1. The van der Waals surface area contributed by atoms with Gasteiger partial charge in [0.25, 0.3) is 11.5 Å². The molecule has 1 N–H and O–H groups in total. The number of methoxy groups -OCH3 is 1. The summed E-state index contributed by atoms with van der Waals surface area (Å²) in [4.78, 5) is 23.9. The van der Waals surface area contributed by atoms with Gasteiger partial charge in [-0.2, -0.15) is 5.10 Å². The molecule has 0 spiro atoms. The highest BCUT2D eigenvalue weighted by Gasteiger charge is 2.09. The van der Waals surface area contributed by atoms with Crippen molar-refractivity contribution in [3.63, 3.8) is 0 Å². The number of aryl methyl sites for hydroxylation is 1. The van der Waals surface area contributed by atoms with E-state index in [9.17, 15) is 9.59 Å². The third-order valence-electron chi connectivity index (χ3n) is 3.68. The molecule has 0 radical (unpaired) electrons. The minimum atomic E-state index is -0.270. The first-order valence-corrected chi connectivity index (χ1v) is 8.13. The van der Waals surface area contributed by atoms with E-state index in [2.05, 4.69) is 10.4 Å². The van der Waals surface area contributed by atoms with Crippen LogP contribution in [0.4, 0.5) is 0 Å². The summed E-state index contributed by atoms with van der Waals surface area (Å²) in [5, 5.41) is 6.96. The Labute approximate surface area is 141 Å². The van der Waals surface area contributed by atoms with Crippen molar-refractivity contribution in [3.8, 4) is 5.75 Å². The second kappa shape index (κ2) is 8.86. The van der Waals surface area contributed by atoms with Gasteiger partial charge in [-0.1, -0.05) is 25.5 Å². The Hall–Kier alpha value is -2.63. The molecule has 2 rings (SSSR count). The van der Waals surface area contributed by atoms with Gasteiger partial charge in [0, 0.05) is 19.2 Å². The number of nitrogens with zero attached hydrogens (tertiary/aromatic N) is 2. The second-order valence-electron chi connectivity index (χ2n) is 5.49. The van der Waals surface area contributed by atoms with E-state index < -0.39 is 0 Å². The molecule has 1 heterocycles. The van der Waals surface area contributed by atoms with Crippen LogP contribution >= 0.6 is 0 Å². The number of amides is 1. The summed E-state index contributed by atoms with van der Waals surface area (Å²) in [5.41, 5.74) is 1.19. The lowest BCUT2D eigenvalue weighted by atomic mass is 10.1. The lowest BCUT2D eigenvalue weighted by molar-refractivity contribution is 0.0946. The van der Waals surface area contributed by atoms with Crippen molar-refractivity contribution in [2.45, 2.75) is 32.7 Å². The number of rotatable bonds is 8. The van der Waals surface area contributed by atoms with Crippen molar-refractivity contribution >= 4 is 5.91 Å². The zero-order valence-corrected chi connectivity index (χ0v) is 14.1. The zero-order chi connectivity index (χ0) is 17.4. The van der Waals surface area contributed by atoms with Crippen LogP contribution in [-0.4, -0.2) is 29.3 Å². The molecular formula is C18H23N3O3. The Bertz CT molecular complexity index is 723. The zero-order valence-electron chi connectivity index (χ0n) is 14.1. The lowest BCUT2D eigenvalue weighted by Crippen LogP contribution is -2.30. The fourth-order valence-electron chi connectivity index (χ4n) is 2.24. The molecule has 1 amide bonds. The summed E-state index contributed by atoms with van der Waals surface area (Å²) < 4.78 is 6.46. The molecule has 1 aromatic heterocycles. The van der Waals surface area contributed by atoms with E-state index in [4.69, 9.17) is 4.74 Å². The van der Waals surface area contributed by atoms with Gasteiger partial charge in [-0.3, -0.25) is 9.59 Å². The molecule has 0 fully saturated rings. The number of aromatic nitrogens is 2. The summed E-state index contributed by atoms with van der Waals surface area (Å²) in [6, 6.07) is 10.6. The average molecular weight is 329 g/mol. The van der Waals surface area contributed by atoms with Crippen LogP contribution in [0.2, 0.25) is 0 Å². The van der Waals surface area contributed by atoms with Gasteiger partial charge in [0.2, 0.25) is 0 Å². The van der Waals surface area contributed by atoms with Crippen molar-refractivity contribution < 1.29 is 9.53 Å². The molecule has 1 aromatic carbocycles. The highest BCUT2D eigenvalue weighted by Crippen LogP contribution is 2.11. The third kappa shape index (κ3) is 4.94. The molecule has 2 aromatic rings. The van der Waals surface area contributed by atoms with Crippen molar-refractivity contribution in [1.82, 2.24) is 15.1 Å². The molecule has 0 saturated carbocycles. The summed E-state index contributed by atoms with van der Waals surface area (Å²) in [6.45, 7) is 3.07. The monoisotopic (exact) mass is 329 g/mol.